The molecule has 2 atom stereocenters. The van der Waals surface area contributed by atoms with E-state index < -0.39 is 12.0 Å². The number of nitrogens with one attached hydrogen (secondary N) is 2. The average Bonchev–Trinajstić information content (AvgIpc) is 3.36. The van der Waals surface area contributed by atoms with Gasteiger partial charge in [0.2, 0.25) is 5.91 Å². The van der Waals surface area contributed by atoms with Crippen LogP contribution in [-0.4, -0.2) is 59.7 Å². The van der Waals surface area contributed by atoms with Gasteiger partial charge in [-0.25, -0.2) is 4.98 Å². The predicted molar refractivity (Wildman–Crippen MR) is 145 cm³/mol. The minimum absolute atomic E-state index is 0. The number of hydrogen-bond donors (Lipinski definition) is 3. The van der Waals surface area contributed by atoms with Gasteiger partial charge in [0.1, 0.15) is 11.6 Å². The maximum absolute atomic E-state index is 13.2. The zero-order valence-electron chi connectivity index (χ0n) is 21.2. The number of anilines is 1. The number of piperidine rings is 1. The first kappa shape index (κ1) is 27.2. The fraction of sp³-hybridized carbons (Fsp3) is 0.536. The lowest BCUT2D eigenvalue weighted by Gasteiger charge is -2.33. The Labute approximate surface area is 224 Å². The van der Waals surface area contributed by atoms with E-state index in [9.17, 15) is 14.7 Å². The number of ether oxygens (including phenoxy) is 1. The second-order valence-electron chi connectivity index (χ2n) is 10.2. The number of fused-ring (bicyclic) bond motifs is 2. The summed E-state index contributed by atoms with van der Waals surface area (Å²) in [5.41, 5.74) is 4.34. The van der Waals surface area contributed by atoms with Crippen molar-refractivity contribution in [2.45, 2.75) is 57.4 Å². The van der Waals surface area contributed by atoms with Gasteiger partial charge in [0, 0.05) is 25.2 Å². The lowest BCUT2D eigenvalue weighted by Crippen LogP contribution is -2.44. The number of likely N-dealkylation sites (tertiary alicyclic amines) is 1. The average molecular weight is 529 g/mol. The highest BCUT2D eigenvalue weighted by molar-refractivity contribution is 5.85. The van der Waals surface area contributed by atoms with Gasteiger partial charge >= 0.3 is 5.97 Å². The van der Waals surface area contributed by atoms with Crippen molar-refractivity contribution in [2.75, 3.05) is 38.1 Å². The van der Waals surface area contributed by atoms with Crippen LogP contribution in [0.4, 0.5) is 5.82 Å². The van der Waals surface area contributed by atoms with Crippen molar-refractivity contribution >= 4 is 30.1 Å². The van der Waals surface area contributed by atoms with E-state index in [0.717, 1.165) is 93.0 Å². The van der Waals surface area contributed by atoms with Crippen LogP contribution in [0.15, 0.2) is 30.3 Å². The highest BCUT2D eigenvalue weighted by atomic mass is 35.5. The number of carboxylic acid groups (broad SMARTS) is 1. The Morgan fingerprint density at radius 3 is 2.92 bits per heavy atom. The number of carboxylic acids is 1. The molecule has 200 valence electrons. The predicted octanol–water partition coefficient (Wildman–Crippen LogP) is 3.77. The normalized spacial score (nSPS) is 19.4. The van der Waals surface area contributed by atoms with E-state index in [4.69, 9.17) is 9.72 Å². The molecule has 0 radical (unpaired) electrons. The van der Waals surface area contributed by atoms with E-state index in [2.05, 4.69) is 27.7 Å². The molecule has 3 N–H and O–H groups in total. The third-order valence-electron chi connectivity index (χ3n) is 7.55. The van der Waals surface area contributed by atoms with Crippen molar-refractivity contribution in [3.05, 3.63) is 52.7 Å². The van der Waals surface area contributed by atoms with Gasteiger partial charge in [-0.2, -0.15) is 0 Å². The summed E-state index contributed by atoms with van der Waals surface area (Å²) in [7, 11) is 0. The number of aromatic nitrogens is 1. The van der Waals surface area contributed by atoms with Crippen LogP contribution in [0.3, 0.4) is 0 Å². The number of carbonyl (C=O) groups is 2. The second-order valence-corrected chi connectivity index (χ2v) is 10.2. The second kappa shape index (κ2) is 12.6. The first-order valence-corrected chi connectivity index (χ1v) is 13.3. The molecule has 0 saturated carbocycles. The molecule has 1 aromatic heterocycles. The molecule has 3 aliphatic heterocycles. The number of aliphatic carboxylic acids is 1. The Hall–Kier alpha value is -2.84. The topological polar surface area (TPSA) is 104 Å². The van der Waals surface area contributed by atoms with E-state index in [1.165, 1.54) is 5.56 Å². The molecule has 5 rings (SSSR count). The lowest BCUT2D eigenvalue weighted by atomic mass is 9.95. The maximum atomic E-state index is 13.2. The van der Waals surface area contributed by atoms with Gasteiger partial charge in [-0.1, -0.05) is 18.2 Å². The molecule has 8 nitrogen and oxygen atoms in total. The summed E-state index contributed by atoms with van der Waals surface area (Å²) in [4.78, 5) is 31.9. The van der Waals surface area contributed by atoms with Crippen LogP contribution >= 0.6 is 12.4 Å². The van der Waals surface area contributed by atoms with Crippen LogP contribution in [0.25, 0.3) is 0 Å². The molecule has 1 fully saturated rings. The summed E-state index contributed by atoms with van der Waals surface area (Å²) < 4.78 is 5.65. The molecule has 9 heteroatoms. The smallest absolute Gasteiger partial charge is 0.305 e. The van der Waals surface area contributed by atoms with Crippen LogP contribution in [0.1, 0.15) is 60.5 Å². The largest absolute Gasteiger partial charge is 0.493 e. The minimum atomic E-state index is -0.932. The van der Waals surface area contributed by atoms with Crippen molar-refractivity contribution < 1.29 is 19.4 Å². The molecule has 2 unspecified atom stereocenters. The lowest BCUT2D eigenvalue weighted by molar-refractivity contribution is -0.138. The number of pyridine rings is 1. The monoisotopic (exact) mass is 528 g/mol. The van der Waals surface area contributed by atoms with E-state index in [0.29, 0.717) is 13.2 Å². The first-order chi connectivity index (χ1) is 17.5. The fourth-order valence-corrected chi connectivity index (χ4v) is 5.58. The fourth-order valence-electron chi connectivity index (χ4n) is 5.58. The van der Waals surface area contributed by atoms with Gasteiger partial charge in [0.15, 0.2) is 0 Å². The standard InChI is InChI=1S/C28H36N4O4.ClH/c33-26(34)17-24(21-8-7-19-11-15-36-25(19)16-21)31-28(35)22-5-2-13-32(18-22)14-3-6-23-10-9-20-4-1-12-29-27(20)30-23;/h7-10,16,22,24H,1-6,11-15,17-18H2,(H,29,30)(H,31,35)(H,33,34);1H. The third-order valence-corrected chi connectivity index (χ3v) is 7.55. The first-order valence-electron chi connectivity index (χ1n) is 13.3. The Bertz CT molecular complexity index is 1110. The summed E-state index contributed by atoms with van der Waals surface area (Å²) in [5.74, 6) is 0.712. The summed E-state index contributed by atoms with van der Waals surface area (Å²) in [6, 6.07) is 9.56. The summed E-state index contributed by atoms with van der Waals surface area (Å²) in [6.07, 6.45) is 6.69. The molecule has 4 heterocycles. The van der Waals surface area contributed by atoms with Crippen LogP contribution < -0.4 is 15.4 Å². The van der Waals surface area contributed by atoms with Crippen LogP contribution in [0.2, 0.25) is 0 Å². The summed E-state index contributed by atoms with van der Waals surface area (Å²) in [6.45, 7) is 4.26. The van der Waals surface area contributed by atoms with Gasteiger partial charge in [-0.15, -0.1) is 12.4 Å². The number of halogens is 1. The number of amides is 1. The van der Waals surface area contributed by atoms with Crippen molar-refractivity contribution in [1.82, 2.24) is 15.2 Å². The molecular weight excluding hydrogens is 492 g/mol. The zero-order valence-corrected chi connectivity index (χ0v) is 22.0. The van der Waals surface area contributed by atoms with Gasteiger partial charge in [0.25, 0.3) is 0 Å². The molecule has 1 saturated heterocycles. The molecule has 1 aromatic carbocycles. The van der Waals surface area contributed by atoms with E-state index in [1.807, 2.05) is 18.2 Å². The Morgan fingerprint density at radius 2 is 2.05 bits per heavy atom. The number of carbonyl (C=O) groups excluding carboxylic acids is 1. The number of aryl methyl sites for hydroxylation is 2. The molecule has 3 aliphatic rings. The van der Waals surface area contributed by atoms with E-state index in [-0.39, 0.29) is 30.7 Å². The van der Waals surface area contributed by atoms with Crippen molar-refractivity contribution in [3.63, 3.8) is 0 Å². The molecule has 1 amide bonds. The molecule has 0 bridgehead atoms. The van der Waals surface area contributed by atoms with Crippen LogP contribution in [-0.2, 0) is 28.9 Å². The van der Waals surface area contributed by atoms with Crippen molar-refractivity contribution in [1.29, 1.82) is 0 Å². The van der Waals surface area contributed by atoms with Gasteiger partial charge in [-0.3, -0.25) is 9.59 Å². The van der Waals surface area contributed by atoms with Crippen molar-refractivity contribution in [2.24, 2.45) is 5.92 Å². The minimum Gasteiger partial charge on any atom is -0.493 e. The Morgan fingerprint density at radius 1 is 1.19 bits per heavy atom. The number of nitrogens with zero attached hydrogens (tertiary/aromatic N) is 2. The van der Waals surface area contributed by atoms with E-state index in [1.54, 1.807) is 0 Å². The quantitative estimate of drug-likeness (QED) is 0.455. The summed E-state index contributed by atoms with van der Waals surface area (Å²) >= 11 is 0. The SMILES string of the molecule is Cl.O=C(O)CC(NC(=O)C1CCCN(CCCc2ccc3c(n2)NCCC3)C1)c1ccc2c(c1)OCC2. The molecule has 37 heavy (non-hydrogen) atoms. The molecule has 2 aromatic rings. The van der Waals surface area contributed by atoms with Crippen molar-refractivity contribution in [3.8, 4) is 5.75 Å². The molecule has 0 spiro atoms. The highest BCUT2D eigenvalue weighted by Gasteiger charge is 2.29. The highest BCUT2D eigenvalue weighted by Crippen LogP contribution is 2.30. The summed E-state index contributed by atoms with van der Waals surface area (Å²) in [5, 5.41) is 15.9. The molecule has 0 aliphatic carbocycles. The van der Waals surface area contributed by atoms with Gasteiger partial charge in [0.05, 0.1) is 25.0 Å². The third kappa shape index (κ3) is 6.93. The zero-order chi connectivity index (χ0) is 24.9. The van der Waals surface area contributed by atoms with Gasteiger partial charge < -0.3 is 25.4 Å². The van der Waals surface area contributed by atoms with E-state index >= 15 is 0 Å². The maximum Gasteiger partial charge on any atom is 0.305 e. The molecular formula is C28H37ClN4O4. The Balaban J connectivity index is 0.00000320. The number of rotatable bonds is 9. The van der Waals surface area contributed by atoms with Gasteiger partial charge in [-0.05, 0) is 80.4 Å². The number of benzene rings is 1. The Kier molecular flexibility index (Phi) is 9.27. The number of hydrogen-bond acceptors (Lipinski definition) is 6. The van der Waals surface area contributed by atoms with Crippen LogP contribution in [0, 0.1) is 5.92 Å². The van der Waals surface area contributed by atoms with Crippen LogP contribution in [0.5, 0.6) is 5.75 Å².